The van der Waals surface area contributed by atoms with E-state index in [0.29, 0.717) is 38.8 Å². The number of benzene rings is 2. The maximum atomic E-state index is 13.0. The van der Waals surface area contributed by atoms with Crippen LogP contribution in [0.2, 0.25) is 0 Å². The second-order valence-corrected chi connectivity index (χ2v) is 7.99. The number of fused-ring (bicyclic) bond motifs is 3. The van der Waals surface area contributed by atoms with E-state index in [-0.39, 0.29) is 12.5 Å². The van der Waals surface area contributed by atoms with Crippen LogP contribution in [0.15, 0.2) is 48.5 Å². The first-order valence-corrected chi connectivity index (χ1v) is 10.4. The molecule has 158 valence electrons. The Morgan fingerprint density at radius 2 is 1.73 bits per heavy atom. The summed E-state index contributed by atoms with van der Waals surface area (Å²) in [5.41, 5.74) is 3.39. The zero-order chi connectivity index (χ0) is 21.1. The van der Waals surface area contributed by atoms with Crippen molar-refractivity contribution >= 4 is 12.1 Å². The molecule has 2 aromatic carbocycles. The van der Waals surface area contributed by atoms with Crippen LogP contribution in [0.25, 0.3) is 11.1 Å². The number of ether oxygens (including phenoxy) is 2. The molecule has 0 spiro atoms. The predicted molar refractivity (Wildman–Crippen MR) is 112 cm³/mol. The van der Waals surface area contributed by atoms with Crippen molar-refractivity contribution in [1.82, 2.24) is 4.90 Å². The Bertz CT molecular complexity index is 897. The maximum absolute atomic E-state index is 13.0. The van der Waals surface area contributed by atoms with Crippen molar-refractivity contribution in [3.8, 4) is 11.1 Å². The van der Waals surface area contributed by atoms with Crippen LogP contribution in [0.3, 0.4) is 0 Å². The molecule has 6 heteroatoms. The minimum absolute atomic E-state index is 0.0447. The molecule has 1 atom stereocenters. The van der Waals surface area contributed by atoms with E-state index in [2.05, 4.69) is 24.3 Å². The second-order valence-electron chi connectivity index (χ2n) is 7.99. The number of carboxylic acids is 1. The minimum atomic E-state index is -1.21. The average molecular weight is 409 g/mol. The lowest BCUT2D eigenvalue weighted by Gasteiger charge is -2.34. The lowest BCUT2D eigenvalue weighted by molar-refractivity contribution is -0.149. The number of carbonyl (C=O) groups excluding carboxylic acids is 1. The summed E-state index contributed by atoms with van der Waals surface area (Å²) in [4.78, 5) is 26.5. The van der Waals surface area contributed by atoms with Crippen LogP contribution in [0.5, 0.6) is 0 Å². The highest BCUT2D eigenvalue weighted by Crippen LogP contribution is 2.44. The molecule has 0 radical (unpaired) electrons. The first kappa shape index (κ1) is 20.4. The first-order chi connectivity index (χ1) is 14.6. The topological polar surface area (TPSA) is 76.1 Å². The van der Waals surface area contributed by atoms with Crippen molar-refractivity contribution in [1.29, 1.82) is 0 Å². The third-order valence-electron chi connectivity index (χ3n) is 6.38. The second kappa shape index (κ2) is 8.48. The van der Waals surface area contributed by atoms with Crippen LogP contribution in [-0.4, -0.2) is 54.5 Å². The lowest BCUT2D eigenvalue weighted by atomic mass is 9.90. The summed E-state index contributed by atoms with van der Waals surface area (Å²) in [6, 6.07) is 16.3. The van der Waals surface area contributed by atoms with Crippen LogP contribution < -0.4 is 0 Å². The monoisotopic (exact) mass is 409 g/mol. The van der Waals surface area contributed by atoms with Gasteiger partial charge in [-0.1, -0.05) is 48.5 Å². The largest absolute Gasteiger partial charge is 0.479 e. The normalized spacial score (nSPS) is 20.1. The molecule has 0 unspecified atom stereocenters. The van der Waals surface area contributed by atoms with E-state index in [1.165, 1.54) is 4.90 Å². The molecule has 1 amide bonds. The SMILES string of the molecule is COCCC[C@@]1(C(=O)O)CCCN1C(=O)OCC1c2ccccc2-c2ccccc21. The van der Waals surface area contributed by atoms with Crippen molar-refractivity contribution in [2.24, 2.45) is 0 Å². The fourth-order valence-electron chi connectivity index (χ4n) is 4.91. The summed E-state index contributed by atoms with van der Waals surface area (Å²) >= 11 is 0. The molecule has 1 saturated heterocycles. The molecule has 1 aliphatic carbocycles. The minimum Gasteiger partial charge on any atom is -0.479 e. The van der Waals surface area contributed by atoms with E-state index in [0.717, 1.165) is 22.3 Å². The third-order valence-corrected chi connectivity index (χ3v) is 6.38. The Kier molecular flexibility index (Phi) is 5.77. The summed E-state index contributed by atoms with van der Waals surface area (Å²) in [6.07, 6.45) is 1.49. The maximum Gasteiger partial charge on any atom is 0.410 e. The molecular weight excluding hydrogens is 382 g/mol. The van der Waals surface area contributed by atoms with Gasteiger partial charge < -0.3 is 14.6 Å². The standard InChI is InChI=1S/C24H27NO5/c1-29-15-7-13-24(22(26)27)12-6-14-25(24)23(28)30-16-21-19-10-4-2-8-17(19)18-9-3-5-11-20(18)21/h2-5,8-11,21H,6-7,12-16H2,1H3,(H,26,27)/t24-/m1/s1. The first-order valence-electron chi connectivity index (χ1n) is 10.4. The summed E-state index contributed by atoms with van der Waals surface area (Å²) < 4.78 is 10.8. The van der Waals surface area contributed by atoms with Gasteiger partial charge in [-0.15, -0.1) is 0 Å². The van der Waals surface area contributed by atoms with Gasteiger partial charge in [-0.2, -0.15) is 0 Å². The molecule has 6 nitrogen and oxygen atoms in total. The van der Waals surface area contributed by atoms with Crippen molar-refractivity contribution in [2.75, 3.05) is 26.9 Å². The lowest BCUT2D eigenvalue weighted by Crippen LogP contribution is -2.53. The fraction of sp³-hybridized carbons (Fsp3) is 0.417. The van der Waals surface area contributed by atoms with Gasteiger partial charge in [0.15, 0.2) is 0 Å². The molecule has 1 heterocycles. The number of hydrogen-bond acceptors (Lipinski definition) is 4. The number of aliphatic carboxylic acids is 1. The molecule has 1 fully saturated rings. The number of nitrogens with zero attached hydrogens (tertiary/aromatic N) is 1. The van der Waals surface area contributed by atoms with Crippen LogP contribution in [-0.2, 0) is 14.3 Å². The van der Waals surface area contributed by atoms with Gasteiger partial charge >= 0.3 is 12.1 Å². The number of likely N-dealkylation sites (tertiary alicyclic amines) is 1. The van der Waals surface area contributed by atoms with Gasteiger partial charge in [0, 0.05) is 26.2 Å². The van der Waals surface area contributed by atoms with E-state index < -0.39 is 17.6 Å². The van der Waals surface area contributed by atoms with Gasteiger partial charge in [-0.3, -0.25) is 4.90 Å². The Labute approximate surface area is 176 Å². The molecule has 1 aliphatic heterocycles. The Morgan fingerprint density at radius 3 is 2.33 bits per heavy atom. The van der Waals surface area contributed by atoms with Gasteiger partial charge in [-0.05, 0) is 47.9 Å². The molecular formula is C24H27NO5. The van der Waals surface area contributed by atoms with Crippen LogP contribution in [0.4, 0.5) is 4.79 Å². The van der Waals surface area contributed by atoms with Crippen molar-refractivity contribution in [3.63, 3.8) is 0 Å². The van der Waals surface area contributed by atoms with Gasteiger partial charge in [0.1, 0.15) is 12.1 Å². The summed E-state index contributed by atoms with van der Waals surface area (Å²) in [5, 5.41) is 9.93. The van der Waals surface area contributed by atoms with Crippen LogP contribution in [0.1, 0.15) is 42.7 Å². The van der Waals surface area contributed by atoms with Crippen LogP contribution in [0, 0.1) is 0 Å². The number of methoxy groups -OCH3 is 1. The number of hydrogen-bond donors (Lipinski definition) is 1. The van der Waals surface area contributed by atoms with Gasteiger partial charge in [-0.25, -0.2) is 9.59 Å². The molecule has 4 rings (SSSR count). The van der Waals surface area contributed by atoms with Crippen molar-refractivity contribution in [3.05, 3.63) is 59.7 Å². The van der Waals surface area contributed by atoms with E-state index in [1.54, 1.807) is 7.11 Å². The Balaban J connectivity index is 1.51. The van der Waals surface area contributed by atoms with Gasteiger partial charge in [0.2, 0.25) is 0 Å². The molecule has 1 N–H and O–H groups in total. The van der Waals surface area contributed by atoms with Gasteiger partial charge in [0.05, 0.1) is 0 Å². The Hall–Kier alpha value is -2.86. The van der Waals surface area contributed by atoms with E-state index in [9.17, 15) is 14.7 Å². The highest BCUT2D eigenvalue weighted by Gasteiger charge is 2.50. The molecule has 0 bridgehead atoms. The van der Waals surface area contributed by atoms with Crippen molar-refractivity contribution < 1.29 is 24.2 Å². The number of carboxylic acid groups (broad SMARTS) is 1. The highest BCUT2D eigenvalue weighted by atomic mass is 16.6. The molecule has 0 aromatic heterocycles. The molecule has 2 aromatic rings. The fourth-order valence-corrected chi connectivity index (χ4v) is 4.91. The zero-order valence-corrected chi connectivity index (χ0v) is 17.2. The van der Waals surface area contributed by atoms with Crippen molar-refractivity contribution in [2.45, 2.75) is 37.1 Å². The molecule has 0 saturated carbocycles. The number of carbonyl (C=O) groups is 2. The molecule has 2 aliphatic rings. The smallest absolute Gasteiger partial charge is 0.410 e. The highest BCUT2D eigenvalue weighted by molar-refractivity contribution is 5.85. The molecule has 30 heavy (non-hydrogen) atoms. The predicted octanol–water partition coefficient (Wildman–Crippen LogP) is 4.28. The quantitative estimate of drug-likeness (QED) is 0.691. The van der Waals surface area contributed by atoms with E-state index >= 15 is 0 Å². The van der Waals surface area contributed by atoms with E-state index in [1.807, 2.05) is 24.3 Å². The zero-order valence-electron chi connectivity index (χ0n) is 17.2. The van der Waals surface area contributed by atoms with Crippen LogP contribution >= 0.6 is 0 Å². The number of amides is 1. The summed E-state index contributed by atoms with van der Waals surface area (Å²) in [5.74, 6) is -1.01. The Morgan fingerprint density at radius 1 is 1.10 bits per heavy atom. The average Bonchev–Trinajstić information content (AvgIpc) is 3.33. The third kappa shape index (κ3) is 3.45. The number of rotatable bonds is 7. The summed E-state index contributed by atoms with van der Waals surface area (Å²) in [7, 11) is 1.59. The van der Waals surface area contributed by atoms with Gasteiger partial charge in [0.25, 0.3) is 0 Å². The summed E-state index contributed by atoms with van der Waals surface area (Å²) in [6.45, 7) is 1.06. The van der Waals surface area contributed by atoms with E-state index in [4.69, 9.17) is 9.47 Å².